The van der Waals surface area contributed by atoms with Crippen molar-refractivity contribution in [3.63, 3.8) is 0 Å². The summed E-state index contributed by atoms with van der Waals surface area (Å²) in [5.41, 5.74) is 5.04. The Balaban J connectivity index is 0.00000120. The molecule has 2 aromatic rings. The van der Waals surface area contributed by atoms with Gasteiger partial charge in [-0.15, -0.1) is 12.4 Å². The third kappa shape index (κ3) is 2.63. The van der Waals surface area contributed by atoms with Crippen molar-refractivity contribution in [1.82, 2.24) is 10.3 Å². The average molecular weight is 262 g/mol. The van der Waals surface area contributed by atoms with Gasteiger partial charge in [-0.3, -0.25) is 4.98 Å². The van der Waals surface area contributed by atoms with Crippen molar-refractivity contribution >= 4 is 23.8 Å². The Morgan fingerprint density at radius 2 is 2.11 bits per heavy atom. The molecule has 0 fully saturated rings. The largest absolute Gasteiger partial charge is 0.354 e. The van der Waals surface area contributed by atoms with Crippen LogP contribution in [0.1, 0.15) is 11.1 Å². The van der Waals surface area contributed by atoms with Crippen molar-refractivity contribution in [1.29, 1.82) is 0 Å². The van der Waals surface area contributed by atoms with Crippen LogP contribution in [0.2, 0.25) is 0 Å². The van der Waals surface area contributed by atoms with E-state index >= 15 is 0 Å². The molecule has 1 aliphatic heterocycles. The first kappa shape index (κ1) is 12.9. The summed E-state index contributed by atoms with van der Waals surface area (Å²) in [6.45, 7) is 2.02. The first-order valence-corrected chi connectivity index (χ1v) is 5.92. The standard InChI is InChI=1S/C14H15N3.ClH/c1-3-11-6-8-16-10-13(11)14(5-1)17-12-4-2-7-15-9-12;/h1-5,7,9,16-17H,6,8,10H2;1H. The minimum absolute atomic E-state index is 0. The molecule has 0 unspecified atom stereocenters. The monoisotopic (exact) mass is 261 g/mol. The van der Waals surface area contributed by atoms with Crippen molar-refractivity contribution in [2.45, 2.75) is 13.0 Å². The van der Waals surface area contributed by atoms with Crippen LogP contribution in [0.5, 0.6) is 0 Å². The van der Waals surface area contributed by atoms with Gasteiger partial charge in [0.2, 0.25) is 0 Å². The Morgan fingerprint density at radius 3 is 2.94 bits per heavy atom. The number of benzene rings is 1. The Kier molecular flexibility index (Phi) is 4.18. The van der Waals surface area contributed by atoms with Crippen LogP contribution in [0.4, 0.5) is 11.4 Å². The van der Waals surface area contributed by atoms with Crippen LogP contribution in [0.25, 0.3) is 0 Å². The zero-order chi connectivity index (χ0) is 11.5. The second-order valence-corrected chi connectivity index (χ2v) is 4.24. The highest BCUT2D eigenvalue weighted by Crippen LogP contribution is 2.25. The SMILES string of the molecule is Cl.c1cncc(Nc2cccc3c2CNCC3)c1. The number of nitrogens with zero attached hydrogens (tertiary/aromatic N) is 1. The number of fused-ring (bicyclic) bond motifs is 1. The first-order chi connectivity index (χ1) is 8.43. The highest BCUT2D eigenvalue weighted by Gasteiger charge is 2.12. The molecule has 0 amide bonds. The molecule has 0 spiro atoms. The van der Waals surface area contributed by atoms with Crippen molar-refractivity contribution in [3.05, 3.63) is 53.9 Å². The minimum atomic E-state index is 0. The van der Waals surface area contributed by atoms with Crippen molar-refractivity contribution < 1.29 is 0 Å². The van der Waals surface area contributed by atoms with Gasteiger partial charge in [0, 0.05) is 18.4 Å². The number of rotatable bonds is 2. The van der Waals surface area contributed by atoms with Crippen LogP contribution in [0, 0.1) is 0 Å². The molecule has 94 valence electrons. The molecule has 2 heterocycles. The van der Waals surface area contributed by atoms with E-state index in [0.717, 1.165) is 25.2 Å². The highest BCUT2D eigenvalue weighted by atomic mass is 35.5. The normalized spacial score (nSPS) is 13.3. The summed E-state index contributed by atoms with van der Waals surface area (Å²) in [4.78, 5) is 4.11. The van der Waals surface area contributed by atoms with Crippen molar-refractivity contribution in [2.75, 3.05) is 11.9 Å². The lowest BCUT2D eigenvalue weighted by molar-refractivity contribution is 0.645. The van der Waals surface area contributed by atoms with Gasteiger partial charge in [0.15, 0.2) is 0 Å². The zero-order valence-corrected chi connectivity index (χ0v) is 10.8. The Morgan fingerprint density at radius 1 is 1.17 bits per heavy atom. The molecule has 3 nitrogen and oxygen atoms in total. The quantitative estimate of drug-likeness (QED) is 0.873. The molecule has 1 aromatic heterocycles. The predicted molar refractivity (Wildman–Crippen MR) is 76.6 cm³/mol. The summed E-state index contributed by atoms with van der Waals surface area (Å²) >= 11 is 0. The molecule has 0 atom stereocenters. The topological polar surface area (TPSA) is 37.0 Å². The van der Waals surface area contributed by atoms with Gasteiger partial charge in [-0.25, -0.2) is 0 Å². The number of hydrogen-bond donors (Lipinski definition) is 2. The minimum Gasteiger partial charge on any atom is -0.354 e. The maximum atomic E-state index is 4.11. The molecule has 1 aromatic carbocycles. The van der Waals surface area contributed by atoms with Crippen molar-refractivity contribution in [3.8, 4) is 0 Å². The molecule has 2 N–H and O–H groups in total. The summed E-state index contributed by atoms with van der Waals surface area (Å²) in [7, 11) is 0. The Bertz CT molecular complexity index is 514. The van der Waals surface area contributed by atoms with E-state index in [-0.39, 0.29) is 12.4 Å². The second-order valence-electron chi connectivity index (χ2n) is 4.24. The molecule has 0 saturated heterocycles. The first-order valence-electron chi connectivity index (χ1n) is 5.92. The van der Waals surface area contributed by atoms with Crippen molar-refractivity contribution in [2.24, 2.45) is 0 Å². The molecule has 0 radical (unpaired) electrons. The van der Waals surface area contributed by atoms with Gasteiger partial charge in [0.05, 0.1) is 11.9 Å². The van der Waals surface area contributed by atoms with Gasteiger partial charge in [-0.1, -0.05) is 12.1 Å². The van der Waals surface area contributed by atoms with Gasteiger partial charge < -0.3 is 10.6 Å². The fourth-order valence-electron chi connectivity index (χ4n) is 2.22. The molecule has 0 saturated carbocycles. The molecule has 3 rings (SSSR count). The van der Waals surface area contributed by atoms with Gasteiger partial charge >= 0.3 is 0 Å². The molecule has 4 heteroatoms. The van der Waals surface area contributed by atoms with E-state index in [1.165, 1.54) is 16.8 Å². The molecular weight excluding hydrogens is 246 g/mol. The third-order valence-corrected chi connectivity index (χ3v) is 3.09. The number of aromatic nitrogens is 1. The molecule has 1 aliphatic rings. The van der Waals surface area contributed by atoms with Crippen LogP contribution >= 0.6 is 12.4 Å². The Labute approximate surface area is 113 Å². The van der Waals surface area contributed by atoms with Gasteiger partial charge in [0.1, 0.15) is 0 Å². The van der Waals surface area contributed by atoms with E-state index in [0.29, 0.717) is 0 Å². The zero-order valence-electron chi connectivity index (χ0n) is 10.0. The number of hydrogen-bond acceptors (Lipinski definition) is 3. The van der Waals surface area contributed by atoms with Crippen LogP contribution < -0.4 is 10.6 Å². The van der Waals surface area contributed by atoms with Gasteiger partial charge in [-0.2, -0.15) is 0 Å². The lowest BCUT2D eigenvalue weighted by Gasteiger charge is -2.21. The number of nitrogens with one attached hydrogen (secondary N) is 2. The maximum Gasteiger partial charge on any atom is 0.0570 e. The van der Waals surface area contributed by atoms with E-state index in [4.69, 9.17) is 0 Å². The van der Waals surface area contributed by atoms with Crippen LogP contribution in [0.3, 0.4) is 0 Å². The van der Waals surface area contributed by atoms with Gasteiger partial charge in [-0.05, 0) is 42.3 Å². The summed E-state index contributed by atoms with van der Waals surface area (Å²) in [5.74, 6) is 0. The van der Waals surface area contributed by atoms with E-state index in [1.54, 1.807) is 6.20 Å². The summed E-state index contributed by atoms with van der Waals surface area (Å²) in [6.07, 6.45) is 4.74. The lowest BCUT2D eigenvalue weighted by atomic mass is 9.99. The molecular formula is C14H16ClN3. The van der Waals surface area contributed by atoms with E-state index < -0.39 is 0 Å². The molecule has 0 bridgehead atoms. The Hall–Kier alpha value is -1.58. The van der Waals surface area contributed by atoms with E-state index in [2.05, 4.69) is 33.8 Å². The smallest absolute Gasteiger partial charge is 0.0570 e. The van der Waals surface area contributed by atoms with Crippen LogP contribution in [-0.4, -0.2) is 11.5 Å². The second kappa shape index (κ2) is 5.85. The van der Waals surface area contributed by atoms with Crippen LogP contribution in [-0.2, 0) is 13.0 Å². The average Bonchev–Trinajstić information content (AvgIpc) is 2.40. The highest BCUT2D eigenvalue weighted by molar-refractivity contribution is 5.85. The maximum absolute atomic E-state index is 4.11. The number of anilines is 2. The number of pyridine rings is 1. The van der Waals surface area contributed by atoms with Gasteiger partial charge in [0.25, 0.3) is 0 Å². The summed E-state index contributed by atoms with van der Waals surface area (Å²) < 4.78 is 0. The van der Waals surface area contributed by atoms with E-state index in [1.807, 2.05) is 18.3 Å². The summed E-state index contributed by atoms with van der Waals surface area (Å²) in [6, 6.07) is 10.4. The molecule has 0 aliphatic carbocycles. The summed E-state index contributed by atoms with van der Waals surface area (Å²) in [5, 5.41) is 6.84. The number of halogens is 1. The predicted octanol–water partition coefficient (Wildman–Crippen LogP) is 2.89. The fraction of sp³-hybridized carbons (Fsp3) is 0.214. The third-order valence-electron chi connectivity index (χ3n) is 3.09. The lowest BCUT2D eigenvalue weighted by Crippen LogP contribution is -2.24. The fourth-order valence-corrected chi connectivity index (χ4v) is 2.22. The molecule has 18 heavy (non-hydrogen) atoms. The van der Waals surface area contributed by atoms with E-state index in [9.17, 15) is 0 Å². The van der Waals surface area contributed by atoms with Crippen LogP contribution in [0.15, 0.2) is 42.7 Å².